The van der Waals surface area contributed by atoms with E-state index in [0.717, 1.165) is 59.6 Å². The number of ether oxygens (including phenoxy) is 2. The van der Waals surface area contributed by atoms with E-state index in [1.54, 1.807) is 17.0 Å². The number of piperidine rings is 1. The number of carbonyl (C=O) groups excluding carboxylic acids is 1. The average Bonchev–Trinajstić information content (AvgIpc) is 2.96. The van der Waals surface area contributed by atoms with Crippen LogP contribution in [0.2, 0.25) is 0 Å². The molecular formula is C36H46FN3O5. The summed E-state index contributed by atoms with van der Waals surface area (Å²) >= 11 is 0. The van der Waals surface area contributed by atoms with Gasteiger partial charge in [-0.15, -0.1) is 0 Å². The maximum atomic E-state index is 13.4. The van der Waals surface area contributed by atoms with Gasteiger partial charge in [0.05, 0.1) is 18.4 Å². The SMILES string of the molecule is COC(=O)N(Cc1ccc(F)cc1)Cc1ccc(-c2c(C)nc(C)c([C@H](OC(C)(C)C)C(=O)O)c2N2CCC(C)(C)CC2)cc1. The van der Waals surface area contributed by atoms with Crippen molar-refractivity contribution in [3.8, 4) is 11.1 Å². The number of halogens is 1. The van der Waals surface area contributed by atoms with Crippen LogP contribution in [0.5, 0.6) is 0 Å². The van der Waals surface area contributed by atoms with Crippen molar-refractivity contribution >= 4 is 17.7 Å². The second kappa shape index (κ2) is 13.6. The van der Waals surface area contributed by atoms with Gasteiger partial charge in [-0.1, -0.05) is 50.2 Å². The number of carboxylic acids is 1. The maximum Gasteiger partial charge on any atom is 0.410 e. The molecule has 1 aliphatic rings. The molecule has 0 spiro atoms. The Morgan fingerprint density at radius 1 is 0.978 bits per heavy atom. The van der Waals surface area contributed by atoms with E-state index in [2.05, 4.69) is 18.7 Å². The van der Waals surface area contributed by atoms with Crippen molar-refractivity contribution in [2.24, 2.45) is 5.41 Å². The predicted molar refractivity (Wildman–Crippen MR) is 174 cm³/mol. The van der Waals surface area contributed by atoms with E-state index in [-0.39, 0.29) is 24.3 Å². The number of aromatic nitrogens is 1. The minimum absolute atomic E-state index is 0.198. The van der Waals surface area contributed by atoms with Gasteiger partial charge in [-0.2, -0.15) is 0 Å². The highest BCUT2D eigenvalue weighted by Gasteiger charge is 2.36. The van der Waals surface area contributed by atoms with Crippen molar-refractivity contribution in [3.63, 3.8) is 0 Å². The van der Waals surface area contributed by atoms with E-state index >= 15 is 0 Å². The molecule has 4 rings (SSSR count). The Morgan fingerprint density at radius 3 is 2.00 bits per heavy atom. The van der Waals surface area contributed by atoms with Gasteiger partial charge in [-0.05, 0) is 81.7 Å². The zero-order valence-electron chi connectivity index (χ0n) is 27.7. The molecule has 0 saturated carbocycles. The summed E-state index contributed by atoms with van der Waals surface area (Å²) in [6, 6.07) is 13.9. The third kappa shape index (κ3) is 8.39. The average molecular weight is 620 g/mol. The van der Waals surface area contributed by atoms with Gasteiger partial charge in [-0.3, -0.25) is 9.88 Å². The molecule has 3 aromatic rings. The third-order valence-corrected chi connectivity index (χ3v) is 8.31. The molecule has 1 aromatic heterocycles. The van der Waals surface area contributed by atoms with Crippen molar-refractivity contribution < 1.29 is 28.6 Å². The summed E-state index contributed by atoms with van der Waals surface area (Å²) in [5.74, 6) is -1.39. The molecule has 2 heterocycles. The minimum atomic E-state index is -1.19. The quantitative estimate of drug-likeness (QED) is 0.261. The minimum Gasteiger partial charge on any atom is -0.479 e. The topological polar surface area (TPSA) is 92.2 Å². The van der Waals surface area contributed by atoms with Gasteiger partial charge in [0.15, 0.2) is 6.10 Å². The summed E-state index contributed by atoms with van der Waals surface area (Å²) in [6.07, 6.45) is 0.266. The summed E-state index contributed by atoms with van der Waals surface area (Å²) in [5, 5.41) is 10.4. The Hall–Kier alpha value is -3.98. The fraction of sp³-hybridized carbons (Fsp3) is 0.472. The van der Waals surface area contributed by atoms with Crippen LogP contribution in [0.25, 0.3) is 11.1 Å². The molecule has 1 saturated heterocycles. The molecule has 1 aliphatic heterocycles. The molecule has 1 atom stereocenters. The van der Waals surface area contributed by atoms with Crippen LogP contribution in [0.3, 0.4) is 0 Å². The maximum absolute atomic E-state index is 13.4. The van der Waals surface area contributed by atoms with Gasteiger partial charge in [0.1, 0.15) is 5.82 Å². The Labute approximate surface area is 266 Å². The molecule has 0 radical (unpaired) electrons. The molecule has 1 fully saturated rings. The van der Waals surface area contributed by atoms with Crippen LogP contribution in [0.1, 0.15) is 81.6 Å². The zero-order chi connectivity index (χ0) is 33.1. The number of carboxylic acid groups (broad SMARTS) is 1. The highest BCUT2D eigenvalue weighted by molar-refractivity contribution is 5.88. The lowest BCUT2D eigenvalue weighted by atomic mass is 9.81. The molecule has 1 amide bonds. The number of amides is 1. The Kier molecular flexibility index (Phi) is 10.2. The molecule has 45 heavy (non-hydrogen) atoms. The number of pyridine rings is 1. The number of benzene rings is 2. The van der Waals surface area contributed by atoms with Crippen LogP contribution in [0.4, 0.5) is 14.9 Å². The number of methoxy groups -OCH3 is 1. The number of aryl methyl sites for hydroxylation is 2. The third-order valence-electron chi connectivity index (χ3n) is 8.31. The van der Waals surface area contributed by atoms with Crippen molar-refractivity contribution in [1.29, 1.82) is 0 Å². The van der Waals surface area contributed by atoms with E-state index in [0.29, 0.717) is 11.3 Å². The fourth-order valence-electron chi connectivity index (χ4n) is 5.88. The van der Waals surface area contributed by atoms with Crippen LogP contribution in [-0.4, -0.2) is 52.9 Å². The van der Waals surface area contributed by atoms with Gasteiger partial charge >= 0.3 is 12.1 Å². The van der Waals surface area contributed by atoms with Gasteiger partial charge in [0.25, 0.3) is 0 Å². The second-order valence-corrected chi connectivity index (χ2v) is 13.7. The Morgan fingerprint density at radius 2 is 1.51 bits per heavy atom. The standard InChI is InChI=1S/C36H46FN3O5/c1-23-29(27-13-9-25(10-14-27)21-40(34(43)44-8)22-26-11-15-28(37)16-12-26)31(39-19-17-36(6,7)18-20-39)30(24(2)38-23)32(33(41)42)45-35(3,4)5/h9-16,32H,17-22H2,1-8H3,(H,41,42)/t32-/m0/s1. The molecule has 2 aromatic carbocycles. The number of anilines is 1. The zero-order valence-corrected chi connectivity index (χ0v) is 27.7. The van der Waals surface area contributed by atoms with E-state index in [4.69, 9.17) is 14.5 Å². The van der Waals surface area contributed by atoms with Crippen LogP contribution >= 0.6 is 0 Å². The summed E-state index contributed by atoms with van der Waals surface area (Å²) in [7, 11) is 1.34. The highest BCUT2D eigenvalue weighted by atomic mass is 19.1. The predicted octanol–water partition coefficient (Wildman–Crippen LogP) is 7.84. The van der Waals surface area contributed by atoms with E-state index in [9.17, 15) is 19.1 Å². The Bertz CT molecular complexity index is 1500. The lowest BCUT2D eigenvalue weighted by Crippen LogP contribution is -2.39. The van der Waals surface area contributed by atoms with E-state index < -0.39 is 23.8 Å². The van der Waals surface area contributed by atoms with E-state index in [1.807, 2.05) is 58.9 Å². The van der Waals surface area contributed by atoms with Gasteiger partial charge in [-0.25, -0.2) is 14.0 Å². The van der Waals surface area contributed by atoms with Crippen molar-refractivity contribution in [3.05, 3.63) is 82.4 Å². The summed E-state index contributed by atoms with van der Waals surface area (Å²) < 4.78 is 24.6. The van der Waals surface area contributed by atoms with Gasteiger partial charge < -0.3 is 19.5 Å². The van der Waals surface area contributed by atoms with Gasteiger partial charge in [0.2, 0.25) is 0 Å². The summed E-state index contributed by atoms with van der Waals surface area (Å²) in [5.41, 5.74) is 5.82. The largest absolute Gasteiger partial charge is 0.479 e. The van der Waals surface area contributed by atoms with Crippen molar-refractivity contribution in [2.45, 2.75) is 86.1 Å². The van der Waals surface area contributed by atoms with E-state index in [1.165, 1.54) is 19.2 Å². The summed E-state index contributed by atoms with van der Waals surface area (Å²) in [6.45, 7) is 16.0. The molecule has 9 heteroatoms. The first-order valence-corrected chi connectivity index (χ1v) is 15.4. The number of nitrogens with zero attached hydrogens (tertiary/aromatic N) is 3. The second-order valence-electron chi connectivity index (χ2n) is 13.7. The number of aliphatic carboxylic acids is 1. The van der Waals surface area contributed by atoms with Gasteiger partial charge in [0, 0.05) is 48.7 Å². The molecule has 242 valence electrons. The fourth-order valence-corrected chi connectivity index (χ4v) is 5.88. The number of carbonyl (C=O) groups is 2. The lowest BCUT2D eigenvalue weighted by Gasteiger charge is -2.41. The summed E-state index contributed by atoms with van der Waals surface area (Å²) in [4.78, 5) is 34.1. The lowest BCUT2D eigenvalue weighted by molar-refractivity contribution is -0.160. The van der Waals surface area contributed by atoms with Crippen LogP contribution in [0, 0.1) is 25.1 Å². The molecule has 0 aliphatic carbocycles. The van der Waals surface area contributed by atoms with Crippen LogP contribution < -0.4 is 4.90 Å². The first kappa shape index (κ1) is 33.9. The molecule has 0 bridgehead atoms. The van der Waals surface area contributed by atoms with Crippen LogP contribution in [0.15, 0.2) is 48.5 Å². The normalized spacial score (nSPS) is 15.4. The highest BCUT2D eigenvalue weighted by Crippen LogP contribution is 2.44. The number of hydrogen-bond acceptors (Lipinski definition) is 6. The Balaban J connectivity index is 1.77. The molecule has 8 nitrogen and oxygen atoms in total. The molecular weight excluding hydrogens is 573 g/mol. The number of hydrogen-bond donors (Lipinski definition) is 1. The van der Waals surface area contributed by atoms with Crippen molar-refractivity contribution in [1.82, 2.24) is 9.88 Å². The first-order valence-electron chi connectivity index (χ1n) is 15.4. The number of rotatable bonds is 9. The first-order chi connectivity index (χ1) is 21.1. The molecule has 1 N–H and O–H groups in total. The van der Waals surface area contributed by atoms with Crippen LogP contribution in [-0.2, 0) is 27.4 Å². The van der Waals surface area contributed by atoms with Crippen molar-refractivity contribution in [2.75, 3.05) is 25.1 Å². The monoisotopic (exact) mass is 619 g/mol. The molecule has 0 unspecified atom stereocenters. The smallest absolute Gasteiger partial charge is 0.410 e.